The van der Waals surface area contributed by atoms with Gasteiger partial charge in [-0.15, -0.1) is 0 Å². The van der Waals surface area contributed by atoms with Crippen molar-refractivity contribution in [3.63, 3.8) is 0 Å². The fraction of sp³-hybridized carbons (Fsp3) is 0.278. The zero-order chi connectivity index (χ0) is 17.8. The minimum absolute atomic E-state index is 0.00241. The van der Waals surface area contributed by atoms with Gasteiger partial charge >= 0.3 is 6.09 Å². The van der Waals surface area contributed by atoms with Gasteiger partial charge in [-0.25, -0.2) is 9.18 Å². The molecule has 2 atom stereocenters. The molecule has 1 aliphatic rings. The Labute approximate surface area is 149 Å². The van der Waals surface area contributed by atoms with Crippen LogP contribution in [0.2, 0.25) is 5.02 Å². The summed E-state index contributed by atoms with van der Waals surface area (Å²) >= 11 is 5.82. The largest absolute Gasteiger partial charge is 0.480 e. The minimum Gasteiger partial charge on any atom is -0.480 e. The van der Waals surface area contributed by atoms with Crippen LogP contribution >= 0.6 is 11.6 Å². The summed E-state index contributed by atoms with van der Waals surface area (Å²) in [6.07, 6.45) is -2.25. The van der Waals surface area contributed by atoms with Crippen LogP contribution in [0.5, 0.6) is 5.75 Å². The lowest BCUT2D eigenvalue weighted by atomic mass is 10.0. The topological polar surface area (TPSA) is 59.0 Å². The molecule has 25 heavy (non-hydrogen) atoms. The summed E-state index contributed by atoms with van der Waals surface area (Å²) in [5, 5.41) is 9.19. The molecule has 7 heteroatoms. The molecule has 0 aromatic heterocycles. The standard InChI is InChI=1S/C18H17ClFNO4/c19-13-7-4-8-14(16(13)20)25-17(12-5-2-1-3-6-12)15-11-21(18(22)23)9-10-24-15/h1-8,15,17H,9-11H2,(H,22,23)/t15-,17-/m0/s1. The third kappa shape index (κ3) is 4.03. The van der Waals surface area contributed by atoms with Gasteiger partial charge in [0.05, 0.1) is 18.2 Å². The van der Waals surface area contributed by atoms with Crippen molar-refractivity contribution in [1.82, 2.24) is 4.90 Å². The van der Waals surface area contributed by atoms with Gasteiger partial charge in [0.2, 0.25) is 0 Å². The van der Waals surface area contributed by atoms with Crippen LogP contribution in [-0.2, 0) is 4.74 Å². The summed E-state index contributed by atoms with van der Waals surface area (Å²) in [5.41, 5.74) is 0.763. The Bertz CT molecular complexity index is 743. The zero-order valence-corrected chi connectivity index (χ0v) is 14.0. The van der Waals surface area contributed by atoms with E-state index in [0.717, 1.165) is 5.56 Å². The second-order valence-corrected chi connectivity index (χ2v) is 6.05. The fourth-order valence-corrected chi connectivity index (χ4v) is 2.91. The van der Waals surface area contributed by atoms with Crippen molar-refractivity contribution in [3.05, 3.63) is 64.9 Å². The fourth-order valence-electron chi connectivity index (χ4n) is 2.75. The Balaban J connectivity index is 1.90. The summed E-state index contributed by atoms with van der Waals surface area (Å²) < 4.78 is 25.9. The highest BCUT2D eigenvalue weighted by Gasteiger charge is 2.33. The monoisotopic (exact) mass is 365 g/mol. The van der Waals surface area contributed by atoms with E-state index in [9.17, 15) is 14.3 Å². The summed E-state index contributed by atoms with van der Waals surface area (Å²) in [4.78, 5) is 12.5. The van der Waals surface area contributed by atoms with Crippen molar-refractivity contribution in [3.8, 4) is 5.75 Å². The predicted octanol–water partition coefficient (Wildman–Crippen LogP) is 3.98. The Morgan fingerprint density at radius 3 is 2.76 bits per heavy atom. The van der Waals surface area contributed by atoms with Crippen molar-refractivity contribution in [2.45, 2.75) is 12.2 Å². The second kappa shape index (κ2) is 7.72. The molecule has 0 radical (unpaired) electrons. The maximum atomic E-state index is 14.2. The first-order valence-electron chi connectivity index (χ1n) is 7.81. The number of nitrogens with zero attached hydrogens (tertiary/aromatic N) is 1. The lowest BCUT2D eigenvalue weighted by molar-refractivity contribution is -0.0760. The first-order chi connectivity index (χ1) is 12.1. The number of carboxylic acid groups (broad SMARTS) is 1. The van der Waals surface area contributed by atoms with Crippen molar-refractivity contribution in [2.24, 2.45) is 0 Å². The van der Waals surface area contributed by atoms with E-state index < -0.39 is 24.1 Å². The van der Waals surface area contributed by atoms with Crippen molar-refractivity contribution >= 4 is 17.7 Å². The highest BCUT2D eigenvalue weighted by Crippen LogP contribution is 2.32. The molecule has 2 aromatic rings. The molecule has 0 saturated carbocycles. The highest BCUT2D eigenvalue weighted by atomic mass is 35.5. The zero-order valence-electron chi connectivity index (χ0n) is 13.3. The average Bonchev–Trinajstić information content (AvgIpc) is 2.64. The van der Waals surface area contributed by atoms with E-state index in [2.05, 4.69) is 0 Å². The Hall–Kier alpha value is -2.31. The van der Waals surface area contributed by atoms with Crippen molar-refractivity contribution in [2.75, 3.05) is 19.7 Å². The third-order valence-corrected chi connectivity index (χ3v) is 4.29. The van der Waals surface area contributed by atoms with E-state index in [1.165, 1.54) is 17.0 Å². The van der Waals surface area contributed by atoms with E-state index >= 15 is 0 Å². The summed E-state index contributed by atoms with van der Waals surface area (Å²) in [5.74, 6) is -0.659. The van der Waals surface area contributed by atoms with Crippen LogP contribution in [0.1, 0.15) is 11.7 Å². The number of benzene rings is 2. The van der Waals surface area contributed by atoms with E-state index in [1.807, 2.05) is 30.3 Å². The van der Waals surface area contributed by atoms with Gasteiger partial charge in [0.25, 0.3) is 0 Å². The molecule has 0 bridgehead atoms. The van der Waals surface area contributed by atoms with Crippen LogP contribution in [0, 0.1) is 5.82 Å². The first kappa shape index (κ1) is 17.5. The van der Waals surface area contributed by atoms with E-state index in [-0.39, 0.29) is 23.9 Å². The van der Waals surface area contributed by atoms with Crippen LogP contribution in [-0.4, -0.2) is 41.9 Å². The van der Waals surface area contributed by atoms with Crippen molar-refractivity contribution < 1.29 is 23.8 Å². The van der Waals surface area contributed by atoms with Gasteiger partial charge in [-0.05, 0) is 17.7 Å². The number of hydrogen-bond acceptors (Lipinski definition) is 3. The summed E-state index contributed by atoms with van der Waals surface area (Å²) in [6.45, 7) is 0.678. The normalized spacial score (nSPS) is 18.6. The van der Waals surface area contributed by atoms with Crippen LogP contribution in [0.4, 0.5) is 9.18 Å². The van der Waals surface area contributed by atoms with E-state index in [1.54, 1.807) is 6.07 Å². The molecule has 5 nitrogen and oxygen atoms in total. The van der Waals surface area contributed by atoms with Crippen LogP contribution in [0.15, 0.2) is 48.5 Å². The number of morpholine rings is 1. The molecule has 1 N–H and O–H groups in total. The summed E-state index contributed by atoms with van der Waals surface area (Å²) in [7, 11) is 0. The quantitative estimate of drug-likeness (QED) is 0.890. The molecule has 0 aliphatic carbocycles. The molecule has 1 aliphatic heterocycles. The van der Waals surface area contributed by atoms with E-state index in [0.29, 0.717) is 6.54 Å². The van der Waals surface area contributed by atoms with E-state index in [4.69, 9.17) is 21.1 Å². The van der Waals surface area contributed by atoms with Gasteiger partial charge in [-0.1, -0.05) is 48.0 Å². The first-order valence-corrected chi connectivity index (χ1v) is 8.19. The number of hydrogen-bond donors (Lipinski definition) is 1. The molecule has 0 unspecified atom stereocenters. The van der Waals surface area contributed by atoms with Crippen LogP contribution < -0.4 is 4.74 Å². The Morgan fingerprint density at radius 1 is 1.28 bits per heavy atom. The highest BCUT2D eigenvalue weighted by molar-refractivity contribution is 6.30. The molecule has 0 spiro atoms. The van der Waals surface area contributed by atoms with Gasteiger partial charge in [0.15, 0.2) is 17.7 Å². The van der Waals surface area contributed by atoms with Crippen LogP contribution in [0.3, 0.4) is 0 Å². The predicted molar refractivity (Wildman–Crippen MR) is 90.6 cm³/mol. The lowest BCUT2D eigenvalue weighted by Crippen LogP contribution is -2.48. The average molecular weight is 366 g/mol. The number of carbonyl (C=O) groups is 1. The molecule has 132 valence electrons. The van der Waals surface area contributed by atoms with Gasteiger partial charge in [0, 0.05) is 6.54 Å². The molecule has 1 saturated heterocycles. The third-order valence-electron chi connectivity index (χ3n) is 4.00. The smallest absolute Gasteiger partial charge is 0.407 e. The number of rotatable bonds is 4. The Kier molecular flexibility index (Phi) is 5.40. The molecule has 1 amide bonds. The minimum atomic E-state index is -1.02. The maximum absolute atomic E-state index is 14.2. The molecular formula is C18H17ClFNO4. The lowest BCUT2D eigenvalue weighted by Gasteiger charge is -2.35. The van der Waals surface area contributed by atoms with Gasteiger partial charge in [0.1, 0.15) is 6.10 Å². The van der Waals surface area contributed by atoms with Gasteiger partial charge in [-0.3, -0.25) is 0 Å². The van der Waals surface area contributed by atoms with Crippen molar-refractivity contribution in [1.29, 1.82) is 0 Å². The van der Waals surface area contributed by atoms with Gasteiger partial charge in [-0.2, -0.15) is 0 Å². The van der Waals surface area contributed by atoms with Gasteiger partial charge < -0.3 is 19.5 Å². The number of amides is 1. The molecule has 1 fully saturated rings. The summed E-state index contributed by atoms with van der Waals surface area (Å²) in [6, 6.07) is 13.7. The second-order valence-electron chi connectivity index (χ2n) is 5.64. The maximum Gasteiger partial charge on any atom is 0.407 e. The SMILES string of the molecule is O=C(O)N1CCO[C@H]([C@@H](Oc2cccc(Cl)c2F)c2ccccc2)C1. The molecule has 2 aromatic carbocycles. The van der Waals surface area contributed by atoms with Crippen LogP contribution in [0.25, 0.3) is 0 Å². The molecule has 3 rings (SSSR count). The number of ether oxygens (including phenoxy) is 2. The molecule has 1 heterocycles. The number of halogens is 2. The Morgan fingerprint density at radius 2 is 2.04 bits per heavy atom. The molecular weight excluding hydrogens is 349 g/mol.